The van der Waals surface area contributed by atoms with Crippen LogP contribution in [-0.2, 0) is 5.41 Å². The molecule has 2 fully saturated rings. The molecule has 0 unspecified atom stereocenters. The van der Waals surface area contributed by atoms with Gasteiger partial charge in [0, 0.05) is 42.3 Å². The molecule has 1 heterocycles. The first-order chi connectivity index (χ1) is 13.5. The van der Waals surface area contributed by atoms with Crippen molar-refractivity contribution in [2.24, 2.45) is 5.92 Å². The van der Waals surface area contributed by atoms with Gasteiger partial charge in [0.25, 0.3) is 0 Å². The number of hydrogen-bond acceptors (Lipinski definition) is 4. The Kier molecular flexibility index (Phi) is 4.02. The van der Waals surface area contributed by atoms with Crippen molar-refractivity contribution in [2.45, 2.75) is 50.6 Å². The van der Waals surface area contributed by atoms with Gasteiger partial charge in [-0.3, -0.25) is 9.69 Å². The van der Waals surface area contributed by atoms with Crippen molar-refractivity contribution in [1.29, 1.82) is 0 Å². The highest BCUT2D eigenvalue weighted by Crippen LogP contribution is 2.51. The van der Waals surface area contributed by atoms with Crippen LogP contribution in [0, 0.1) is 5.92 Å². The Bertz CT molecular complexity index is 918. The smallest absolute Gasteiger partial charge is 0.180 e. The molecule has 1 aliphatic heterocycles. The number of hydrogen-bond donors (Lipinski definition) is 2. The number of piperidine rings is 1. The number of Topliss-reactive ketones (excluding diaryl/α,β-unsaturated/α-hetero) is 1. The van der Waals surface area contributed by atoms with Crippen LogP contribution >= 0.6 is 0 Å². The van der Waals surface area contributed by atoms with E-state index in [1.807, 2.05) is 7.05 Å². The van der Waals surface area contributed by atoms with Gasteiger partial charge in [0.1, 0.15) is 0 Å². The monoisotopic (exact) mass is 375 g/mol. The summed E-state index contributed by atoms with van der Waals surface area (Å²) in [6.45, 7) is 5.70. The molecule has 4 nitrogen and oxygen atoms in total. The second-order valence-electron chi connectivity index (χ2n) is 8.95. The van der Waals surface area contributed by atoms with Crippen LogP contribution in [0.25, 0.3) is 0 Å². The molecule has 0 radical (unpaired) electrons. The number of benzene rings is 2. The first-order valence-electron chi connectivity index (χ1n) is 10.5. The van der Waals surface area contributed by atoms with Gasteiger partial charge >= 0.3 is 0 Å². The predicted molar refractivity (Wildman–Crippen MR) is 115 cm³/mol. The van der Waals surface area contributed by atoms with E-state index in [2.05, 4.69) is 71.8 Å². The van der Waals surface area contributed by atoms with Gasteiger partial charge in [-0.2, -0.15) is 0 Å². The number of carbonyl (C=O) groups is 1. The average Bonchev–Trinajstić information content (AvgIpc) is 3.54. The van der Waals surface area contributed by atoms with Gasteiger partial charge in [-0.15, -0.1) is 0 Å². The lowest BCUT2D eigenvalue weighted by atomic mass is 9.58. The number of rotatable bonds is 4. The Balaban J connectivity index is 1.49. The fourth-order valence-corrected chi connectivity index (χ4v) is 5.29. The third-order valence-corrected chi connectivity index (χ3v) is 7.37. The minimum Gasteiger partial charge on any atom is -0.388 e. The SMILES string of the molecule is CNc1ccc(Nc2ccc3c(c2)[C@@]2(C)CCN(C4CC4)[C@H](C3=O)[C@@H]2C)cc1. The summed E-state index contributed by atoms with van der Waals surface area (Å²) >= 11 is 0. The molecule has 2 aromatic carbocycles. The molecule has 3 atom stereocenters. The summed E-state index contributed by atoms with van der Waals surface area (Å²) in [6, 6.07) is 15.3. The summed E-state index contributed by atoms with van der Waals surface area (Å²) in [4.78, 5) is 15.9. The van der Waals surface area contributed by atoms with E-state index in [0.717, 1.165) is 35.6 Å². The molecule has 0 amide bonds. The van der Waals surface area contributed by atoms with Crippen LogP contribution in [0.2, 0.25) is 0 Å². The lowest BCUT2D eigenvalue weighted by Gasteiger charge is -2.53. The van der Waals surface area contributed by atoms with E-state index in [-0.39, 0.29) is 11.5 Å². The van der Waals surface area contributed by atoms with Crippen LogP contribution in [0.1, 0.15) is 49.0 Å². The third kappa shape index (κ3) is 2.66. The zero-order valence-electron chi connectivity index (χ0n) is 17.0. The van der Waals surface area contributed by atoms with Gasteiger partial charge in [0.05, 0.1) is 6.04 Å². The highest BCUT2D eigenvalue weighted by molar-refractivity contribution is 6.04. The van der Waals surface area contributed by atoms with E-state index in [1.54, 1.807) is 0 Å². The standard InChI is InChI=1S/C24H29N3O/c1-15-22-23(28)20-11-8-18(26-17-6-4-16(25-3)5-7-17)14-21(20)24(15,2)12-13-27(22)19-9-10-19/h4-8,11,14-15,19,22,25-26H,9-10,12-13H2,1-3H3/t15-,22-,24-/m0/s1. The fourth-order valence-electron chi connectivity index (χ4n) is 5.29. The van der Waals surface area contributed by atoms with Crippen molar-refractivity contribution in [2.75, 3.05) is 24.2 Å². The Morgan fingerprint density at radius 2 is 1.71 bits per heavy atom. The van der Waals surface area contributed by atoms with Gasteiger partial charge in [-0.1, -0.05) is 13.8 Å². The first kappa shape index (κ1) is 17.7. The zero-order valence-corrected chi connectivity index (χ0v) is 17.0. The maximum absolute atomic E-state index is 13.4. The van der Waals surface area contributed by atoms with Crippen molar-refractivity contribution >= 4 is 22.8 Å². The summed E-state index contributed by atoms with van der Waals surface area (Å²) in [5.74, 6) is 0.684. The van der Waals surface area contributed by atoms with Crippen LogP contribution in [-0.4, -0.2) is 36.4 Å². The predicted octanol–water partition coefficient (Wildman–Crippen LogP) is 4.80. The third-order valence-electron chi connectivity index (χ3n) is 7.37. The molecule has 1 saturated carbocycles. The number of fused-ring (bicyclic) bond motifs is 4. The van der Waals surface area contributed by atoms with E-state index in [4.69, 9.17) is 0 Å². The molecule has 5 rings (SSSR count). The molecule has 146 valence electrons. The lowest BCUT2D eigenvalue weighted by Crippen LogP contribution is -2.61. The summed E-state index contributed by atoms with van der Waals surface area (Å²) in [7, 11) is 1.92. The molecule has 28 heavy (non-hydrogen) atoms. The van der Waals surface area contributed by atoms with Crippen molar-refractivity contribution in [1.82, 2.24) is 4.90 Å². The lowest BCUT2D eigenvalue weighted by molar-refractivity contribution is 0.0248. The zero-order chi connectivity index (χ0) is 19.5. The second-order valence-corrected chi connectivity index (χ2v) is 8.95. The Morgan fingerprint density at radius 3 is 2.39 bits per heavy atom. The number of likely N-dealkylation sites (tertiary alicyclic amines) is 1. The van der Waals surface area contributed by atoms with E-state index in [9.17, 15) is 4.79 Å². The molecule has 2 N–H and O–H groups in total. The quantitative estimate of drug-likeness (QED) is 0.806. The first-order valence-corrected chi connectivity index (χ1v) is 10.5. The number of carbonyl (C=O) groups excluding carboxylic acids is 1. The van der Waals surface area contributed by atoms with E-state index in [0.29, 0.717) is 17.7 Å². The van der Waals surface area contributed by atoms with Gasteiger partial charge in [-0.25, -0.2) is 0 Å². The molecule has 0 spiro atoms. The topological polar surface area (TPSA) is 44.4 Å². The van der Waals surface area contributed by atoms with E-state index < -0.39 is 0 Å². The Hall–Kier alpha value is -2.33. The summed E-state index contributed by atoms with van der Waals surface area (Å²) in [5, 5.41) is 6.66. The Morgan fingerprint density at radius 1 is 1.04 bits per heavy atom. The van der Waals surface area contributed by atoms with Crippen LogP contribution in [0.4, 0.5) is 17.1 Å². The molecule has 4 heteroatoms. The summed E-state index contributed by atoms with van der Waals surface area (Å²) < 4.78 is 0. The van der Waals surface area contributed by atoms with Crippen LogP contribution in [0.5, 0.6) is 0 Å². The molecular weight excluding hydrogens is 346 g/mol. The van der Waals surface area contributed by atoms with Gasteiger partial charge < -0.3 is 10.6 Å². The van der Waals surface area contributed by atoms with Gasteiger partial charge in [0.15, 0.2) is 5.78 Å². The molecule has 2 bridgehead atoms. The summed E-state index contributed by atoms with van der Waals surface area (Å²) in [5.41, 5.74) is 5.44. The maximum atomic E-state index is 13.4. The van der Waals surface area contributed by atoms with Crippen molar-refractivity contribution < 1.29 is 4.79 Å². The van der Waals surface area contributed by atoms with Crippen LogP contribution in [0.3, 0.4) is 0 Å². The highest BCUT2D eigenvalue weighted by atomic mass is 16.1. The normalized spacial score (nSPS) is 29.3. The highest BCUT2D eigenvalue weighted by Gasteiger charge is 2.54. The number of ketones is 1. The van der Waals surface area contributed by atoms with Crippen LogP contribution < -0.4 is 10.6 Å². The number of anilines is 3. The van der Waals surface area contributed by atoms with Crippen molar-refractivity contribution in [3.8, 4) is 0 Å². The maximum Gasteiger partial charge on any atom is 0.180 e. The molecule has 3 aliphatic rings. The van der Waals surface area contributed by atoms with E-state index >= 15 is 0 Å². The van der Waals surface area contributed by atoms with Crippen LogP contribution in [0.15, 0.2) is 42.5 Å². The molecule has 2 aromatic rings. The summed E-state index contributed by atoms with van der Waals surface area (Å²) in [6.07, 6.45) is 3.65. The van der Waals surface area contributed by atoms with E-state index in [1.165, 1.54) is 18.4 Å². The number of nitrogens with zero attached hydrogens (tertiary/aromatic N) is 1. The second kappa shape index (κ2) is 6.35. The van der Waals surface area contributed by atoms with Crippen molar-refractivity contribution in [3.63, 3.8) is 0 Å². The fraction of sp³-hybridized carbons (Fsp3) is 0.458. The molecule has 2 aliphatic carbocycles. The van der Waals surface area contributed by atoms with Gasteiger partial charge in [0.2, 0.25) is 0 Å². The largest absolute Gasteiger partial charge is 0.388 e. The van der Waals surface area contributed by atoms with Gasteiger partial charge in [-0.05, 0) is 78.6 Å². The minimum atomic E-state index is 0.0617. The number of nitrogens with one attached hydrogen (secondary N) is 2. The average molecular weight is 376 g/mol. The van der Waals surface area contributed by atoms with Crippen molar-refractivity contribution in [3.05, 3.63) is 53.6 Å². The minimum absolute atomic E-state index is 0.0617. The molecule has 1 saturated heterocycles. The molecule has 0 aromatic heterocycles. The Labute approximate surface area is 167 Å². The molecular formula is C24H29N3O.